The molecule has 0 radical (unpaired) electrons. The first kappa shape index (κ1) is 14.3. The Bertz CT molecular complexity index is 563. The van der Waals surface area contributed by atoms with Crippen LogP contribution in [0.25, 0.3) is 0 Å². The number of aromatic nitrogens is 2. The second-order valence-corrected chi connectivity index (χ2v) is 7.62. The molecule has 0 amide bonds. The summed E-state index contributed by atoms with van der Waals surface area (Å²) in [5.74, 6) is 1.62. The molecule has 0 bridgehead atoms. The monoisotopic (exact) mass is 286 g/mol. The van der Waals surface area contributed by atoms with E-state index < -0.39 is 9.84 Å². The van der Waals surface area contributed by atoms with Gasteiger partial charge in [-0.1, -0.05) is 0 Å². The molecule has 0 aliphatic carbocycles. The van der Waals surface area contributed by atoms with Crippen molar-refractivity contribution in [2.24, 2.45) is 7.05 Å². The van der Waals surface area contributed by atoms with Crippen LogP contribution < -0.4 is 10.2 Å². The standard InChI is InChI=1S/C12H22N4O2S/c1-9-11(12(15(2)3)16(4)14-9)7-13-10-5-6-19(17,18)8-10/h10,13H,5-8H2,1-4H3. The van der Waals surface area contributed by atoms with Gasteiger partial charge in [-0.15, -0.1) is 0 Å². The summed E-state index contributed by atoms with van der Waals surface area (Å²) in [6.45, 7) is 2.64. The topological polar surface area (TPSA) is 67.2 Å². The van der Waals surface area contributed by atoms with E-state index >= 15 is 0 Å². The Kier molecular flexibility index (Phi) is 3.87. The molecule has 1 saturated heterocycles. The maximum atomic E-state index is 11.4. The van der Waals surface area contributed by atoms with Gasteiger partial charge in [-0.2, -0.15) is 5.10 Å². The Morgan fingerprint density at radius 1 is 1.47 bits per heavy atom. The number of rotatable bonds is 4. The van der Waals surface area contributed by atoms with Crippen LogP contribution in [0.4, 0.5) is 5.82 Å². The summed E-state index contributed by atoms with van der Waals surface area (Å²) in [7, 11) is 3.07. The molecule has 1 unspecified atom stereocenters. The molecule has 108 valence electrons. The average Bonchev–Trinajstić information content (AvgIpc) is 2.75. The first-order chi connectivity index (χ1) is 8.80. The van der Waals surface area contributed by atoms with E-state index in [0.29, 0.717) is 18.7 Å². The molecule has 6 nitrogen and oxygen atoms in total. The van der Waals surface area contributed by atoms with Gasteiger partial charge in [0, 0.05) is 39.3 Å². The van der Waals surface area contributed by atoms with Gasteiger partial charge in [0.1, 0.15) is 5.82 Å². The second-order valence-electron chi connectivity index (χ2n) is 5.39. The van der Waals surface area contributed by atoms with Crippen molar-refractivity contribution in [3.05, 3.63) is 11.3 Å². The van der Waals surface area contributed by atoms with Crippen LogP contribution in [0.15, 0.2) is 0 Å². The van der Waals surface area contributed by atoms with E-state index in [1.807, 2.05) is 37.6 Å². The minimum Gasteiger partial charge on any atom is -0.363 e. The maximum absolute atomic E-state index is 11.4. The molecule has 7 heteroatoms. The van der Waals surface area contributed by atoms with E-state index in [0.717, 1.165) is 17.1 Å². The average molecular weight is 286 g/mol. The fourth-order valence-corrected chi connectivity index (χ4v) is 4.37. The number of aryl methyl sites for hydroxylation is 2. The van der Waals surface area contributed by atoms with Crippen molar-refractivity contribution in [3.63, 3.8) is 0 Å². The maximum Gasteiger partial charge on any atom is 0.151 e. The van der Waals surface area contributed by atoms with Crippen LogP contribution in [-0.4, -0.2) is 49.8 Å². The smallest absolute Gasteiger partial charge is 0.151 e. The molecule has 2 rings (SSSR count). The SMILES string of the molecule is Cc1nn(C)c(N(C)C)c1CNC1CCS(=O)(=O)C1. The van der Waals surface area contributed by atoms with Crippen LogP contribution in [0, 0.1) is 6.92 Å². The predicted octanol–water partition coefficient (Wildman–Crippen LogP) is 0.0712. The third-order valence-electron chi connectivity index (χ3n) is 3.54. The summed E-state index contributed by atoms with van der Waals surface area (Å²) in [4.78, 5) is 2.03. The van der Waals surface area contributed by atoms with Crippen molar-refractivity contribution < 1.29 is 8.42 Å². The van der Waals surface area contributed by atoms with Gasteiger partial charge in [-0.25, -0.2) is 8.42 Å². The largest absolute Gasteiger partial charge is 0.363 e. The fraction of sp³-hybridized carbons (Fsp3) is 0.750. The lowest BCUT2D eigenvalue weighted by molar-refractivity contribution is 0.553. The van der Waals surface area contributed by atoms with Gasteiger partial charge in [-0.05, 0) is 13.3 Å². The van der Waals surface area contributed by atoms with E-state index in [-0.39, 0.29) is 11.8 Å². The molecule has 0 spiro atoms. The number of nitrogens with one attached hydrogen (secondary N) is 1. The predicted molar refractivity (Wildman–Crippen MR) is 76.2 cm³/mol. The van der Waals surface area contributed by atoms with Gasteiger partial charge in [0.15, 0.2) is 9.84 Å². The first-order valence-corrected chi connectivity index (χ1v) is 8.26. The summed E-state index contributed by atoms with van der Waals surface area (Å²) in [6.07, 6.45) is 0.707. The molecule has 0 aromatic carbocycles. The number of anilines is 1. The van der Waals surface area contributed by atoms with Crippen LogP contribution >= 0.6 is 0 Å². The Labute approximate surface area is 114 Å². The van der Waals surface area contributed by atoms with Gasteiger partial charge >= 0.3 is 0 Å². The zero-order valence-electron chi connectivity index (χ0n) is 12.0. The number of nitrogens with zero attached hydrogens (tertiary/aromatic N) is 3. The van der Waals surface area contributed by atoms with Gasteiger partial charge < -0.3 is 10.2 Å². The molecular weight excluding hydrogens is 264 g/mol. The molecular formula is C12H22N4O2S. The summed E-state index contributed by atoms with van der Waals surface area (Å²) < 4.78 is 24.7. The Morgan fingerprint density at radius 3 is 2.68 bits per heavy atom. The number of hydrogen-bond donors (Lipinski definition) is 1. The van der Waals surface area contributed by atoms with E-state index in [4.69, 9.17) is 0 Å². The summed E-state index contributed by atoms with van der Waals surface area (Å²) in [5.41, 5.74) is 2.12. The van der Waals surface area contributed by atoms with Crippen LogP contribution in [0.1, 0.15) is 17.7 Å². The molecule has 1 aliphatic rings. The Hall–Kier alpha value is -1.08. The Balaban J connectivity index is 2.08. The first-order valence-electron chi connectivity index (χ1n) is 6.44. The molecule has 2 heterocycles. The fourth-order valence-electron chi connectivity index (χ4n) is 2.66. The van der Waals surface area contributed by atoms with E-state index in [9.17, 15) is 8.42 Å². The van der Waals surface area contributed by atoms with Crippen molar-refractivity contribution >= 4 is 15.7 Å². The molecule has 1 aliphatic heterocycles. The molecule has 1 aromatic heterocycles. The highest BCUT2D eigenvalue weighted by molar-refractivity contribution is 7.91. The minimum atomic E-state index is -2.82. The van der Waals surface area contributed by atoms with E-state index in [1.54, 1.807) is 0 Å². The summed E-state index contributed by atoms with van der Waals surface area (Å²) in [5, 5.41) is 7.77. The van der Waals surface area contributed by atoms with Gasteiger partial charge in [0.2, 0.25) is 0 Å². The lowest BCUT2D eigenvalue weighted by Crippen LogP contribution is -2.30. The molecule has 1 atom stereocenters. The third kappa shape index (κ3) is 3.09. The lowest BCUT2D eigenvalue weighted by atomic mass is 10.2. The second kappa shape index (κ2) is 5.13. The number of hydrogen-bond acceptors (Lipinski definition) is 5. The quantitative estimate of drug-likeness (QED) is 0.848. The third-order valence-corrected chi connectivity index (χ3v) is 5.30. The lowest BCUT2D eigenvalue weighted by Gasteiger charge is -2.17. The van der Waals surface area contributed by atoms with Crippen LogP contribution in [-0.2, 0) is 23.4 Å². The van der Waals surface area contributed by atoms with Crippen LogP contribution in [0.3, 0.4) is 0 Å². The molecule has 1 N–H and O–H groups in total. The molecule has 0 saturated carbocycles. The van der Waals surface area contributed by atoms with Crippen molar-refractivity contribution in [2.45, 2.75) is 25.9 Å². The summed E-state index contributed by atoms with van der Waals surface area (Å²) in [6, 6.07) is 0.0691. The van der Waals surface area contributed by atoms with Crippen molar-refractivity contribution in [2.75, 3.05) is 30.5 Å². The molecule has 1 fully saturated rings. The normalized spacial score (nSPS) is 21.8. The zero-order chi connectivity index (χ0) is 14.2. The van der Waals surface area contributed by atoms with Crippen molar-refractivity contribution in [1.82, 2.24) is 15.1 Å². The number of sulfone groups is 1. The van der Waals surface area contributed by atoms with Crippen LogP contribution in [0.2, 0.25) is 0 Å². The van der Waals surface area contributed by atoms with E-state index in [2.05, 4.69) is 10.4 Å². The summed E-state index contributed by atoms with van der Waals surface area (Å²) >= 11 is 0. The minimum absolute atomic E-state index is 0.0691. The van der Waals surface area contributed by atoms with Crippen molar-refractivity contribution in [1.29, 1.82) is 0 Å². The zero-order valence-corrected chi connectivity index (χ0v) is 12.8. The van der Waals surface area contributed by atoms with Gasteiger partial charge in [0.05, 0.1) is 17.2 Å². The van der Waals surface area contributed by atoms with Crippen LogP contribution in [0.5, 0.6) is 0 Å². The molecule has 19 heavy (non-hydrogen) atoms. The van der Waals surface area contributed by atoms with Crippen molar-refractivity contribution in [3.8, 4) is 0 Å². The van der Waals surface area contributed by atoms with Gasteiger partial charge in [0.25, 0.3) is 0 Å². The van der Waals surface area contributed by atoms with E-state index in [1.165, 1.54) is 0 Å². The van der Waals surface area contributed by atoms with Gasteiger partial charge in [-0.3, -0.25) is 4.68 Å². The Morgan fingerprint density at radius 2 is 2.16 bits per heavy atom. The highest BCUT2D eigenvalue weighted by Crippen LogP contribution is 2.22. The highest BCUT2D eigenvalue weighted by atomic mass is 32.2. The molecule has 1 aromatic rings. The highest BCUT2D eigenvalue weighted by Gasteiger charge is 2.28.